The van der Waals surface area contributed by atoms with Crippen LogP contribution in [-0.4, -0.2) is 38.0 Å². The van der Waals surface area contributed by atoms with E-state index in [9.17, 15) is 9.18 Å². The van der Waals surface area contributed by atoms with Crippen LogP contribution in [0.4, 0.5) is 10.2 Å². The fourth-order valence-electron chi connectivity index (χ4n) is 3.29. The van der Waals surface area contributed by atoms with Crippen molar-refractivity contribution in [3.05, 3.63) is 78.0 Å². The summed E-state index contributed by atoms with van der Waals surface area (Å²) in [6.07, 6.45) is 3.18. The van der Waals surface area contributed by atoms with Gasteiger partial charge in [-0.25, -0.2) is 19.0 Å². The summed E-state index contributed by atoms with van der Waals surface area (Å²) in [6.45, 7) is 3.46. The number of hydrogen-bond acceptors (Lipinski definition) is 6. The van der Waals surface area contributed by atoms with Crippen molar-refractivity contribution in [3.8, 4) is 0 Å². The zero-order chi connectivity index (χ0) is 22.3. The van der Waals surface area contributed by atoms with Gasteiger partial charge in [0.1, 0.15) is 18.0 Å². The van der Waals surface area contributed by atoms with Gasteiger partial charge in [0, 0.05) is 18.0 Å². The number of hydrogen-bond donors (Lipinski definition) is 2. The number of rotatable bonds is 9. The third-order valence-corrected chi connectivity index (χ3v) is 5.80. The largest absolute Gasteiger partial charge is 0.365 e. The standard InChI is InChI=1S/C23H23FN6OS/c1-2-32-20-6-4-3-5-18(20)23(31)25-11-12-30-22-19(14-29-30)21(27-15-28-22)26-13-16-7-9-17(24)10-8-16/h3-10,14-15H,2,11-13H2,1H3,(H,25,31)(H,26,27,28). The van der Waals surface area contributed by atoms with Crippen molar-refractivity contribution in [1.82, 2.24) is 25.1 Å². The van der Waals surface area contributed by atoms with Crippen LogP contribution in [0.3, 0.4) is 0 Å². The number of aromatic nitrogens is 4. The Kier molecular flexibility index (Phi) is 6.96. The van der Waals surface area contributed by atoms with E-state index in [0.29, 0.717) is 36.7 Å². The average Bonchev–Trinajstić information content (AvgIpc) is 3.23. The summed E-state index contributed by atoms with van der Waals surface area (Å²) in [5, 5.41) is 11.4. The van der Waals surface area contributed by atoms with Gasteiger partial charge in [-0.2, -0.15) is 5.10 Å². The molecular formula is C23H23FN6OS. The molecule has 2 heterocycles. The summed E-state index contributed by atoms with van der Waals surface area (Å²) in [5.74, 6) is 1.19. The lowest BCUT2D eigenvalue weighted by Gasteiger charge is -2.10. The molecule has 0 radical (unpaired) electrons. The van der Waals surface area contributed by atoms with E-state index in [0.717, 1.165) is 21.6 Å². The van der Waals surface area contributed by atoms with Gasteiger partial charge in [0.2, 0.25) is 0 Å². The quantitative estimate of drug-likeness (QED) is 0.373. The van der Waals surface area contributed by atoms with Crippen LogP contribution in [0.2, 0.25) is 0 Å². The number of nitrogens with zero attached hydrogens (tertiary/aromatic N) is 4. The van der Waals surface area contributed by atoms with Crippen molar-refractivity contribution in [2.45, 2.75) is 24.9 Å². The number of fused-ring (bicyclic) bond motifs is 1. The first-order valence-electron chi connectivity index (χ1n) is 10.3. The minimum atomic E-state index is -0.265. The van der Waals surface area contributed by atoms with Gasteiger partial charge in [0.25, 0.3) is 5.91 Å². The van der Waals surface area contributed by atoms with Gasteiger partial charge in [-0.05, 0) is 35.6 Å². The van der Waals surface area contributed by atoms with E-state index in [1.807, 2.05) is 24.3 Å². The molecule has 32 heavy (non-hydrogen) atoms. The molecule has 9 heteroatoms. The highest BCUT2D eigenvalue weighted by Crippen LogP contribution is 2.22. The summed E-state index contributed by atoms with van der Waals surface area (Å²) < 4.78 is 14.8. The third kappa shape index (κ3) is 5.05. The van der Waals surface area contributed by atoms with Gasteiger partial charge in [-0.1, -0.05) is 31.2 Å². The Hall–Kier alpha value is -3.46. The van der Waals surface area contributed by atoms with Crippen LogP contribution in [-0.2, 0) is 13.1 Å². The molecule has 0 saturated heterocycles. The number of anilines is 1. The molecule has 0 fully saturated rings. The highest BCUT2D eigenvalue weighted by atomic mass is 32.2. The van der Waals surface area contributed by atoms with E-state index in [2.05, 4.69) is 32.6 Å². The van der Waals surface area contributed by atoms with E-state index in [1.54, 1.807) is 34.8 Å². The van der Waals surface area contributed by atoms with Crippen molar-refractivity contribution in [3.63, 3.8) is 0 Å². The molecule has 0 aliphatic rings. The smallest absolute Gasteiger partial charge is 0.252 e. The highest BCUT2D eigenvalue weighted by Gasteiger charge is 2.12. The maximum atomic E-state index is 13.1. The zero-order valence-corrected chi connectivity index (χ0v) is 18.4. The lowest BCUT2D eigenvalue weighted by molar-refractivity contribution is 0.0949. The number of benzene rings is 2. The van der Waals surface area contributed by atoms with Crippen LogP contribution in [0.25, 0.3) is 11.0 Å². The molecule has 0 aliphatic heterocycles. The van der Waals surface area contributed by atoms with Crippen LogP contribution < -0.4 is 10.6 Å². The summed E-state index contributed by atoms with van der Waals surface area (Å²) in [7, 11) is 0. The van der Waals surface area contributed by atoms with Crippen molar-refractivity contribution in [1.29, 1.82) is 0 Å². The van der Waals surface area contributed by atoms with E-state index in [-0.39, 0.29) is 11.7 Å². The molecule has 2 aromatic carbocycles. The topological polar surface area (TPSA) is 84.7 Å². The van der Waals surface area contributed by atoms with Crippen LogP contribution in [0, 0.1) is 5.82 Å². The Morgan fingerprint density at radius 1 is 1.12 bits per heavy atom. The molecule has 4 rings (SSSR count). The molecule has 4 aromatic rings. The number of nitrogens with one attached hydrogen (secondary N) is 2. The molecule has 0 unspecified atom stereocenters. The maximum absolute atomic E-state index is 13.1. The summed E-state index contributed by atoms with van der Waals surface area (Å²) in [6, 6.07) is 13.9. The number of amides is 1. The normalized spacial score (nSPS) is 10.9. The fraction of sp³-hybridized carbons (Fsp3) is 0.217. The first kappa shape index (κ1) is 21.8. The van der Waals surface area contributed by atoms with Crippen LogP contribution >= 0.6 is 11.8 Å². The van der Waals surface area contributed by atoms with E-state index in [4.69, 9.17) is 0 Å². The fourth-order valence-corrected chi connectivity index (χ4v) is 4.09. The Balaban J connectivity index is 1.39. The average molecular weight is 451 g/mol. The lowest BCUT2D eigenvalue weighted by Crippen LogP contribution is -2.28. The molecule has 2 aromatic heterocycles. The first-order valence-corrected chi connectivity index (χ1v) is 11.3. The minimum absolute atomic E-state index is 0.103. The second-order valence-corrected chi connectivity index (χ2v) is 8.30. The van der Waals surface area contributed by atoms with Crippen molar-refractivity contribution >= 4 is 34.5 Å². The second kappa shape index (κ2) is 10.2. The predicted molar refractivity (Wildman–Crippen MR) is 124 cm³/mol. The molecule has 0 spiro atoms. The van der Waals surface area contributed by atoms with Gasteiger partial charge >= 0.3 is 0 Å². The molecule has 0 aliphatic carbocycles. The van der Waals surface area contributed by atoms with Crippen LogP contribution in [0.15, 0.2) is 66.0 Å². The van der Waals surface area contributed by atoms with Gasteiger partial charge in [-0.3, -0.25) is 4.79 Å². The Bertz CT molecular complexity index is 1210. The highest BCUT2D eigenvalue weighted by molar-refractivity contribution is 7.99. The third-order valence-electron chi connectivity index (χ3n) is 4.85. The molecule has 7 nitrogen and oxygen atoms in total. The number of thioether (sulfide) groups is 1. The second-order valence-electron chi connectivity index (χ2n) is 6.99. The molecule has 0 bridgehead atoms. The first-order chi connectivity index (χ1) is 15.7. The summed E-state index contributed by atoms with van der Waals surface area (Å²) in [4.78, 5) is 22.2. The molecule has 2 N–H and O–H groups in total. The van der Waals surface area contributed by atoms with E-state index >= 15 is 0 Å². The zero-order valence-electron chi connectivity index (χ0n) is 17.6. The summed E-state index contributed by atoms with van der Waals surface area (Å²) in [5.41, 5.74) is 2.30. The Labute approximate surface area is 189 Å². The Morgan fingerprint density at radius 3 is 2.75 bits per heavy atom. The van der Waals surface area contributed by atoms with E-state index in [1.165, 1.54) is 18.5 Å². The maximum Gasteiger partial charge on any atom is 0.252 e. The van der Waals surface area contributed by atoms with Crippen LogP contribution in [0.5, 0.6) is 0 Å². The molecular weight excluding hydrogens is 427 g/mol. The molecule has 164 valence electrons. The van der Waals surface area contributed by atoms with Gasteiger partial charge in [-0.15, -0.1) is 11.8 Å². The monoisotopic (exact) mass is 450 g/mol. The summed E-state index contributed by atoms with van der Waals surface area (Å²) >= 11 is 1.65. The van der Waals surface area contributed by atoms with Crippen molar-refractivity contribution in [2.75, 3.05) is 17.6 Å². The number of carbonyl (C=O) groups excluding carboxylic acids is 1. The van der Waals surface area contributed by atoms with Gasteiger partial charge in [0.15, 0.2) is 5.65 Å². The minimum Gasteiger partial charge on any atom is -0.365 e. The van der Waals surface area contributed by atoms with Crippen LogP contribution in [0.1, 0.15) is 22.8 Å². The Morgan fingerprint density at radius 2 is 1.94 bits per heavy atom. The van der Waals surface area contributed by atoms with E-state index < -0.39 is 0 Å². The van der Waals surface area contributed by atoms with Gasteiger partial charge in [0.05, 0.1) is 23.7 Å². The number of halogens is 1. The predicted octanol–water partition coefficient (Wildman–Crippen LogP) is 4.12. The van der Waals surface area contributed by atoms with Crippen molar-refractivity contribution in [2.24, 2.45) is 0 Å². The lowest BCUT2D eigenvalue weighted by atomic mass is 10.2. The van der Waals surface area contributed by atoms with Gasteiger partial charge < -0.3 is 10.6 Å². The molecule has 1 amide bonds. The molecule has 0 saturated carbocycles. The van der Waals surface area contributed by atoms with Crippen molar-refractivity contribution < 1.29 is 9.18 Å². The molecule has 0 atom stereocenters. The number of carbonyl (C=O) groups is 1. The SMILES string of the molecule is CCSc1ccccc1C(=O)NCCn1ncc2c(NCc3ccc(F)cc3)ncnc21.